The van der Waals surface area contributed by atoms with E-state index in [2.05, 4.69) is 15.0 Å². The van der Waals surface area contributed by atoms with Crippen molar-refractivity contribution in [1.29, 1.82) is 0 Å². The number of rotatable bonds is 6. The topological polar surface area (TPSA) is 97.0 Å². The summed E-state index contributed by atoms with van der Waals surface area (Å²) >= 11 is 0. The summed E-state index contributed by atoms with van der Waals surface area (Å²) in [4.78, 5) is 31.0. The van der Waals surface area contributed by atoms with Crippen LogP contribution in [0.4, 0.5) is 14.5 Å². The average Bonchev–Trinajstić information content (AvgIpc) is 2.93. The van der Waals surface area contributed by atoms with Crippen LogP contribution in [0.2, 0.25) is 0 Å². The molecule has 0 aliphatic carbocycles. The molecule has 7 nitrogen and oxygen atoms in total. The molecule has 0 bridgehead atoms. The van der Waals surface area contributed by atoms with Crippen molar-refractivity contribution in [2.75, 3.05) is 12.4 Å². The highest BCUT2D eigenvalue weighted by molar-refractivity contribution is 6.09. The maximum atomic E-state index is 13.2. The summed E-state index contributed by atoms with van der Waals surface area (Å²) < 4.78 is 29.3. The first-order valence-electron chi connectivity index (χ1n) is 9.25. The van der Waals surface area contributed by atoms with Crippen molar-refractivity contribution in [2.24, 2.45) is 16.6 Å². The molecule has 30 heavy (non-hydrogen) atoms. The first-order chi connectivity index (χ1) is 14.1. The maximum absolute atomic E-state index is 13.2. The van der Waals surface area contributed by atoms with Crippen molar-refractivity contribution in [3.63, 3.8) is 0 Å². The fourth-order valence-electron chi connectivity index (χ4n) is 3.17. The fraction of sp³-hybridized carbons (Fsp3) is 0.286. The minimum Gasteiger partial charge on any atom is -0.435 e. The second kappa shape index (κ2) is 8.10. The number of guanidine groups is 1. The van der Waals surface area contributed by atoms with Gasteiger partial charge in [0.25, 0.3) is 5.91 Å². The van der Waals surface area contributed by atoms with Crippen molar-refractivity contribution in [3.8, 4) is 5.75 Å². The predicted molar refractivity (Wildman–Crippen MR) is 108 cm³/mol. The van der Waals surface area contributed by atoms with Crippen molar-refractivity contribution in [3.05, 3.63) is 59.7 Å². The van der Waals surface area contributed by atoms with E-state index in [-0.39, 0.29) is 23.5 Å². The Bertz CT molecular complexity index is 992. The largest absolute Gasteiger partial charge is 0.435 e. The van der Waals surface area contributed by atoms with Gasteiger partial charge in [-0.15, -0.1) is 0 Å². The molecule has 3 rings (SSSR count). The van der Waals surface area contributed by atoms with E-state index in [1.54, 1.807) is 38.1 Å². The van der Waals surface area contributed by atoms with E-state index in [0.717, 1.165) is 0 Å². The van der Waals surface area contributed by atoms with Gasteiger partial charge in [0, 0.05) is 18.7 Å². The number of likely N-dealkylation sites (N-methyl/N-ethyl adjacent to an activating group) is 1. The van der Waals surface area contributed by atoms with E-state index >= 15 is 0 Å². The summed E-state index contributed by atoms with van der Waals surface area (Å²) in [7, 11) is 1.50. The van der Waals surface area contributed by atoms with Gasteiger partial charge in [0.15, 0.2) is 11.5 Å². The fourth-order valence-corrected chi connectivity index (χ4v) is 3.17. The predicted octanol–water partition coefficient (Wildman–Crippen LogP) is 2.91. The minimum atomic E-state index is -2.96. The number of carbonyl (C=O) groups is 2. The van der Waals surface area contributed by atoms with Gasteiger partial charge in [0.05, 0.1) is 0 Å². The van der Waals surface area contributed by atoms with Crippen LogP contribution < -0.4 is 15.8 Å². The van der Waals surface area contributed by atoms with E-state index in [4.69, 9.17) is 5.73 Å². The SMILES string of the molecule is CC(C)C(=O)Nc1cccc(C2(c3ccc(OC(F)F)cc3)N=C(N)N(C)C2=O)c1. The molecular weight excluding hydrogens is 394 g/mol. The highest BCUT2D eigenvalue weighted by atomic mass is 19.3. The van der Waals surface area contributed by atoms with Crippen LogP contribution in [0.1, 0.15) is 25.0 Å². The number of anilines is 1. The molecule has 0 spiro atoms. The molecule has 2 aromatic carbocycles. The summed E-state index contributed by atoms with van der Waals surface area (Å²) in [5, 5.41) is 2.79. The molecule has 1 aliphatic rings. The van der Waals surface area contributed by atoms with Crippen molar-refractivity contribution < 1.29 is 23.1 Å². The standard InChI is InChI=1S/C21H22F2N4O3/c1-12(2)17(28)25-15-6-4-5-14(11-15)21(18(29)27(3)20(24)26-21)13-7-9-16(10-8-13)30-19(22)23/h4-12,19H,1-3H3,(H2,24,26)(H,25,28). The molecule has 0 radical (unpaired) electrons. The lowest BCUT2D eigenvalue weighted by Gasteiger charge is -2.26. The molecular formula is C21H22F2N4O3. The Hall–Kier alpha value is -3.49. The first kappa shape index (κ1) is 21.2. The Balaban J connectivity index is 2.09. The van der Waals surface area contributed by atoms with E-state index < -0.39 is 18.1 Å². The van der Waals surface area contributed by atoms with Gasteiger partial charge in [-0.25, -0.2) is 4.99 Å². The lowest BCUT2D eigenvalue weighted by atomic mass is 9.82. The van der Waals surface area contributed by atoms with Crippen molar-refractivity contribution in [1.82, 2.24) is 4.90 Å². The average molecular weight is 416 g/mol. The normalized spacial score (nSPS) is 18.7. The number of ether oxygens (including phenoxy) is 1. The molecule has 0 saturated carbocycles. The van der Waals surface area contributed by atoms with Crippen LogP contribution in [0.15, 0.2) is 53.5 Å². The molecule has 0 aromatic heterocycles. The number of aliphatic imine (C=N–C) groups is 1. The molecule has 0 fully saturated rings. The summed E-state index contributed by atoms with van der Waals surface area (Å²) in [5.74, 6) is -0.831. The van der Waals surface area contributed by atoms with Crippen LogP contribution >= 0.6 is 0 Å². The van der Waals surface area contributed by atoms with E-state index in [9.17, 15) is 18.4 Å². The van der Waals surface area contributed by atoms with Gasteiger partial charge in [-0.05, 0) is 35.4 Å². The second-order valence-electron chi connectivity index (χ2n) is 7.17. The van der Waals surface area contributed by atoms with Crippen LogP contribution in [0.25, 0.3) is 0 Å². The molecule has 1 heterocycles. The van der Waals surface area contributed by atoms with E-state index in [0.29, 0.717) is 16.8 Å². The number of benzene rings is 2. The van der Waals surface area contributed by atoms with Gasteiger partial charge in [0.2, 0.25) is 5.91 Å². The molecule has 158 valence electrons. The minimum absolute atomic E-state index is 0.0181. The second-order valence-corrected chi connectivity index (χ2v) is 7.17. The third kappa shape index (κ3) is 3.83. The van der Waals surface area contributed by atoms with Gasteiger partial charge < -0.3 is 15.8 Å². The van der Waals surface area contributed by atoms with Crippen LogP contribution in [0.5, 0.6) is 5.75 Å². The van der Waals surface area contributed by atoms with Crippen molar-refractivity contribution in [2.45, 2.75) is 26.0 Å². The zero-order chi connectivity index (χ0) is 22.1. The number of amides is 2. The zero-order valence-electron chi connectivity index (χ0n) is 16.7. The maximum Gasteiger partial charge on any atom is 0.387 e. The third-order valence-corrected chi connectivity index (χ3v) is 4.81. The highest BCUT2D eigenvalue weighted by Crippen LogP contribution is 2.40. The number of carbonyl (C=O) groups excluding carboxylic acids is 2. The summed E-state index contributed by atoms with van der Waals surface area (Å²) in [6.45, 7) is 0.577. The van der Waals surface area contributed by atoms with Crippen LogP contribution in [0.3, 0.4) is 0 Å². The van der Waals surface area contributed by atoms with Gasteiger partial charge in [-0.2, -0.15) is 8.78 Å². The smallest absolute Gasteiger partial charge is 0.387 e. The number of nitrogens with two attached hydrogens (primary N) is 1. The Morgan fingerprint density at radius 1 is 1.17 bits per heavy atom. The van der Waals surface area contributed by atoms with E-state index in [1.165, 1.54) is 36.2 Å². The van der Waals surface area contributed by atoms with E-state index in [1.807, 2.05) is 0 Å². The highest BCUT2D eigenvalue weighted by Gasteiger charge is 2.49. The number of halogens is 2. The van der Waals surface area contributed by atoms with Gasteiger partial charge >= 0.3 is 6.61 Å². The van der Waals surface area contributed by atoms with Crippen LogP contribution in [0, 0.1) is 5.92 Å². The Morgan fingerprint density at radius 2 is 1.83 bits per heavy atom. The third-order valence-electron chi connectivity index (χ3n) is 4.81. The summed E-state index contributed by atoms with van der Waals surface area (Å²) in [5.41, 5.74) is 5.82. The van der Waals surface area contributed by atoms with Gasteiger partial charge in [0.1, 0.15) is 5.75 Å². The lowest BCUT2D eigenvalue weighted by Crippen LogP contribution is -2.41. The molecule has 1 unspecified atom stereocenters. The molecule has 1 atom stereocenters. The lowest BCUT2D eigenvalue weighted by molar-refractivity contribution is -0.129. The van der Waals surface area contributed by atoms with Crippen molar-refractivity contribution >= 4 is 23.5 Å². The number of hydrogen-bond donors (Lipinski definition) is 2. The number of nitrogens with zero attached hydrogens (tertiary/aromatic N) is 2. The molecule has 9 heteroatoms. The Morgan fingerprint density at radius 3 is 2.37 bits per heavy atom. The number of hydrogen-bond acceptors (Lipinski definition) is 5. The Labute approximate surface area is 172 Å². The van der Waals surface area contributed by atoms with Gasteiger partial charge in [-0.3, -0.25) is 14.5 Å². The molecule has 1 aliphatic heterocycles. The molecule has 2 aromatic rings. The monoisotopic (exact) mass is 416 g/mol. The van der Waals surface area contributed by atoms with Gasteiger partial charge in [-0.1, -0.05) is 38.1 Å². The quantitative estimate of drug-likeness (QED) is 0.757. The summed E-state index contributed by atoms with van der Waals surface area (Å²) in [6.07, 6.45) is 0. The molecule has 2 amide bonds. The molecule has 0 saturated heterocycles. The van der Waals surface area contributed by atoms with Crippen LogP contribution in [-0.2, 0) is 15.1 Å². The van der Waals surface area contributed by atoms with Crippen LogP contribution in [-0.4, -0.2) is 36.3 Å². The zero-order valence-corrected chi connectivity index (χ0v) is 16.7. The number of alkyl halides is 2. The molecule has 3 N–H and O–H groups in total. The Kier molecular flexibility index (Phi) is 5.73. The summed E-state index contributed by atoms with van der Waals surface area (Å²) in [6, 6.07) is 12.4. The number of nitrogens with one attached hydrogen (secondary N) is 1. The first-order valence-corrected chi connectivity index (χ1v) is 9.25.